The Bertz CT molecular complexity index is 5820. The second-order valence-electron chi connectivity index (χ2n) is 27.4. The number of rotatable bonds is 9. The summed E-state index contributed by atoms with van der Waals surface area (Å²) < 4.78 is 8.91. The molecule has 0 spiro atoms. The monoisotopic (exact) mass is 1320 g/mol. The third-order valence-electron chi connectivity index (χ3n) is 21.6. The van der Waals surface area contributed by atoms with Crippen molar-refractivity contribution in [3.05, 3.63) is 191 Å². The van der Waals surface area contributed by atoms with Gasteiger partial charge in [-0.15, -0.1) is 0 Å². The zero-order valence-corrected chi connectivity index (χ0v) is 58.8. The van der Waals surface area contributed by atoms with Crippen LogP contribution < -0.4 is 18.3 Å². The average molecular weight is 1320 g/mol. The molecule has 1 aliphatic heterocycles. The lowest BCUT2D eigenvalue weighted by molar-refractivity contribution is -0.695. The third kappa shape index (κ3) is 12.2. The first kappa shape index (κ1) is 67.3. The summed E-state index contributed by atoms with van der Waals surface area (Å²) in [4.78, 5) is 19.2. The molecular weight excluding hydrogens is 1230 g/mol. The van der Waals surface area contributed by atoms with Gasteiger partial charge in [-0.25, -0.2) is 18.3 Å². The van der Waals surface area contributed by atoms with Gasteiger partial charge in [0, 0.05) is 111 Å². The van der Waals surface area contributed by atoms with E-state index in [-0.39, 0.29) is 7.43 Å². The molecule has 1 saturated heterocycles. The van der Waals surface area contributed by atoms with Crippen LogP contribution >= 0.6 is 0 Å². The zero-order valence-electron chi connectivity index (χ0n) is 58.8. The molecule has 0 atom stereocenters. The van der Waals surface area contributed by atoms with Crippen LogP contribution in [0.4, 0.5) is 0 Å². The molecular formula is C85H96N10O4+4. The van der Waals surface area contributed by atoms with Gasteiger partial charge in [0.25, 0.3) is 0 Å². The highest BCUT2D eigenvalue weighted by atomic mass is 16.3. The van der Waals surface area contributed by atoms with E-state index in [1.54, 1.807) is 24.3 Å². The maximum atomic E-state index is 10.00. The van der Waals surface area contributed by atoms with E-state index in [0.29, 0.717) is 23.0 Å². The number of phenols is 4. The Morgan fingerprint density at radius 3 is 1.05 bits per heavy atom. The number of aromatic hydroxyl groups is 4. The van der Waals surface area contributed by atoms with Crippen molar-refractivity contribution in [3.8, 4) is 23.0 Å². The lowest BCUT2D eigenvalue weighted by Crippen LogP contribution is -2.41. The summed E-state index contributed by atoms with van der Waals surface area (Å²) in [5.74, 6) is 1.24. The third-order valence-corrected chi connectivity index (χ3v) is 21.6. The quantitative estimate of drug-likeness (QED) is 0.0670. The van der Waals surface area contributed by atoms with Crippen LogP contribution in [0.25, 0.3) is 130 Å². The number of likely N-dealkylation sites (tertiary alicyclic amines) is 1. The van der Waals surface area contributed by atoms with Crippen LogP contribution in [0.1, 0.15) is 92.0 Å². The number of aryl methyl sites for hydroxylation is 10. The van der Waals surface area contributed by atoms with Crippen molar-refractivity contribution < 1.29 is 38.7 Å². The number of H-pyrrole nitrogens is 4. The van der Waals surface area contributed by atoms with Gasteiger partial charge in [-0.2, -0.15) is 0 Å². The molecule has 99 heavy (non-hydrogen) atoms. The first-order chi connectivity index (χ1) is 47.3. The van der Waals surface area contributed by atoms with Crippen molar-refractivity contribution in [2.24, 2.45) is 7.05 Å². The van der Waals surface area contributed by atoms with Gasteiger partial charge in [0.2, 0.25) is 0 Å². The number of likely N-dealkylation sites (N-methyl/N-ethyl adjacent to an activating group) is 1. The number of phenolic OH excluding ortho intramolecular Hbond substituents is 4. The molecule has 8 aromatic carbocycles. The van der Waals surface area contributed by atoms with Gasteiger partial charge in [-0.3, -0.25) is 9.80 Å². The van der Waals surface area contributed by atoms with E-state index in [4.69, 9.17) is 0 Å². The lowest BCUT2D eigenvalue weighted by Gasteiger charge is -2.24. The molecule has 17 rings (SSSR count). The summed E-state index contributed by atoms with van der Waals surface area (Å²) in [5.41, 5.74) is 19.0. The number of nitrogens with one attached hydrogen (secondary N) is 4. The average Bonchev–Trinajstić information content (AvgIpc) is 1.66. The van der Waals surface area contributed by atoms with Crippen molar-refractivity contribution in [3.63, 3.8) is 0 Å². The Morgan fingerprint density at radius 2 is 0.697 bits per heavy atom. The van der Waals surface area contributed by atoms with Crippen LogP contribution in [0.5, 0.6) is 23.0 Å². The fraction of sp³-hybridized carbons (Fsp3) is 0.294. The standard InChI is InChI=1S/C24H27N3O.C23H27N3O.C19H18N2O.C18H16N2O.CH4/c1-16-21-15-27(13-12-26-9-4-3-5-10-26)11-8-19(21)17(2)24-23(16)20-14-18(28)6-7-22(20)25-24;1-5-25(6-2)11-12-26-10-9-18-16(4)23-22(15(3)20(18)14-26)19-13-17(27)7-8-21(19)24-23;1-4-21-8-7-14-12(3)19-18(11(2)16(14)10-21)15-9-13(22)5-6-17(15)20-19;1-10-15-9-20(3)7-6-13(15)11(2)18-17(10)14-8-12(21)4-5-16(14)19-18;/h6-8,11,14-15,28H,3-5,9-10,12-13H2,1-2H3;7-10,13-14,27H,5-6,11-12H2,1-4H3;5-10,22H,4H2,1-3H3;4-9,21H,1-3H3;1H4/p+4. The number of benzene rings is 8. The number of fused-ring (bicyclic) bond motifs is 16. The minimum atomic E-state index is 0. The number of piperidine rings is 1. The Hall–Kier alpha value is -10.3. The Balaban J connectivity index is 0.000000119. The molecule has 506 valence electrons. The molecule has 0 aliphatic carbocycles. The first-order valence-electron chi connectivity index (χ1n) is 35.0. The summed E-state index contributed by atoms with van der Waals surface area (Å²) >= 11 is 0. The summed E-state index contributed by atoms with van der Waals surface area (Å²) in [6.07, 6.45) is 21.7. The molecule has 8 N–H and O–H groups in total. The largest absolute Gasteiger partial charge is 0.508 e. The van der Waals surface area contributed by atoms with Crippen molar-refractivity contribution in [1.29, 1.82) is 0 Å². The predicted octanol–water partition coefficient (Wildman–Crippen LogP) is 17.4. The molecule has 0 bridgehead atoms. The van der Waals surface area contributed by atoms with Crippen molar-refractivity contribution in [2.45, 2.75) is 122 Å². The molecule has 16 aromatic rings. The van der Waals surface area contributed by atoms with Crippen LogP contribution in [0.2, 0.25) is 0 Å². The van der Waals surface area contributed by atoms with E-state index in [1.807, 2.05) is 55.6 Å². The number of pyridine rings is 4. The Kier molecular flexibility index (Phi) is 18.5. The predicted molar refractivity (Wildman–Crippen MR) is 410 cm³/mol. The number of hydrogen-bond donors (Lipinski definition) is 8. The normalized spacial score (nSPS) is 12.9. The minimum absolute atomic E-state index is 0. The second-order valence-corrected chi connectivity index (χ2v) is 27.4. The summed E-state index contributed by atoms with van der Waals surface area (Å²) in [6.45, 7) is 33.8. The Labute approximate surface area is 578 Å². The highest BCUT2D eigenvalue weighted by Crippen LogP contribution is 2.42. The minimum Gasteiger partial charge on any atom is -0.508 e. The topological polar surface area (TPSA) is 166 Å². The van der Waals surface area contributed by atoms with Crippen LogP contribution in [0.3, 0.4) is 0 Å². The molecule has 9 heterocycles. The zero-order chi connectivity index (χ0) is 68.5. The molecule has 0 amide bonds. The molecule has 14 heteroatoms. The molecule has 0 saturated carbocycles. The molecule has 14 nitrogen and oxygen atoms in total. The van der Waals surface area contributed by atoms with Gasteiger partial charge in [0.15, 0.2) is 62.7 Å². The highest BCUT2D eigenvalue weighted by molar-refractivity contribution is 6.20. The molecule has 0 radical (unpaired) electrons. The number of aromatic amines is 4. The maximum Gasteiger partial charge on any atom is 0.176 e. The van der Waals surface area contributed by atoms with Crippen LogP contribution in [0.15, 0.2) is 147 Å². The van der Waals surface area contributed by atoms with Gasteiger partial charge >= 0.3 is 0 Å². The van der Waals surface area contributed by atoms with Crippen LogP contribution in [-0.2, 0) is 26.7 Å². The summed E-state index contributed by atoms with van der Waals surface area (Å²) in [7, 11) is 2.04. The molecule has 1 aliphatic rings. The number of nitrogens with zero attached hydrogens (tertiary/aromatic N) is 6. The van der Waals surface area contributed by atoms with E-state index in [2.05, 4.69) is 198 Å². The van der Waals surface area contributed by atoms with Crippen LogP contribution in [-0.4, -0.2) is 89.4 Å². The van der Waals surface area contributed by atoms with Gasteiger partial charge in [0.05, 0.1) is 35.2 Å². The van der Waals surface area contributed by atoms with Gasteiger partial charge in [-0.1, -0.05) is 27.7 Å². The smallest absolute Gasteiger partial charge is 0.176 e. The van der Waals surface area contributed by atoms with E-state index in [0.717, 1.165) is 94.9 Å². The summed E-state index contributed by atoms with van der Waals surface area (Å²) in [6, 6.07) is 31.0. The fourth-order valence-corrected chi connectivity index (χ4v) is 15.9. The van der Waals surface area contributed by atoms with E-state index in [9.17, 15) is 20.4 Å². The first-order valence-corrected chi connectivity index (χ1v) is 35.0. The SMILES string of the molecule is C.CCN(CC)CC[n+]1ccc2c(C)c3[nH]c4ccc(O)cc4c3c(C)c2c1.CC[n+]1ccc2c(C)c3[nH]c4ccc(O)cc4c3c(C)c2c1.Cc1c2cc[n+](C)cc2c(C)c2c1[nH]c1ccc(O)cc12.Cc1c2cc[n+](CCN3CCCCC3)cc2c(C)c2c1[nH]c1ccc(O)cc12. The van der Waals surface area contributed by atoms with E-state index >= 15 is 0 Å². The highest BCUT2D eigenvalue weighted by Gasteiger charge is 2.23. The summed E-state index contributed by atoms with van der Waals surface area (Å²) in [5, 5.41) is 59.1. The number of hydrogen-bond acceptors (Lipinski definition) is 6. The number of aromatic nitrogens is 8. The van der Waals surface area contributed by atoms with Crippen LogP contribution in [0, 0.1) is 55.4 Å². The van der Waals surface area contributed by atoms with Gasteiger partial charge in [-0.05, 0) is 240 Å². The van der Waals surface area contributed by atoms with E-state index < -0.39 is 0 Å². The Morgan fingerprint density at radius 1 is 0.374 bits per heavy atom. The van der Waals surface area contributed by atoms with Crippen molar-refractivity contribution in [2.75, 3.05) is 39.3 Å². The lowest BCUT2D eigenvalue weighted by atomic mass is 9.97. The maximum absolute atomic E-state index is 10.00. The second kappa shape index (κ2) is 27.2. The molecule has 8 aromatic heterocycles. The van der Waals surface area contributed by atoms with Crippen molar-refractivity contribution in [1.82, 2.24) is 29.7 Å². The van der Waals surface area contributed by atoms with Crippen molar-refractivity contribution >= 4 is 130 Å². The van der Waals surface area contributed by atoms with Gasteiger partial charge < -0.3 is 40.4 Å². The molecule has 0 unspecified atom stereocenters. The fourth-order valence-electron chi connectivity index (χ4n) is 15.9. The molecule has 1 fully saturated rings. The van der Waals surface area contributed by atoms with E-state index in [1.165, 1.54) is 158 Å². The van der Waals surface area contributed by atoms with Gasteiger partial charge in [0.1, 0.15) is 36.6 Å².